The molecule has 1 N–H and O–H groups in total. The molecule has 3 rings (SSSR count). The second kappa shape index (κ2) is 22.7. The molecular formula is C20H25Cl3N6O4S4. The standard InChI is InChI=1S/C8H10N2O2S.C6H7ClN2S.C6H8N2OS.Cl2OS/c1-3-12-7(11)6-4-9-8(13-2)10-5-6;1-10-6-8-3-5(2-7)4-9-6;1-10-6-7-2-5(4-9)3-8-6;1-4(2)3/h4-5H,3H2,1-2H3;3-4H,2H2,1H3;2-3,9H,4H2,1H3;. The Labute approximate surface area is 245 Å². The molecule has 37 heavy (non-hydrogen) atoms. The Kier molecular flexibility index (Phi) is 21.9. The third-order valence-corrected chi connectivity index (χ3v) is 5.42. The van der Waals surface area contributed by atoms with Crippen molar-refractivity contribution in [3.8, 4) is 0 Å². The lowest BCUT2D eigenvalue weighted by atomic mass is 10.3. The van der Waals surface area contributed by atoms with Crippen molar-refractivity contribution in [2.75, 3.05) is 25.4 Å². The molecule has 3 aromatic rings. The van der Waals surface area contributed by atoms with Gasteiger partial charge in [-0.15, -0.1) is 11.6 Å². The fourth-order valence-corrected chi connectivity index (χ4v) is 2.88. The second-order valence-electron chi connectivity index (χ2n) is 5.81. The van der Waals surface area contributed by atoms with Crippen LogP contribution in [-0.2, 0) is 26.5 Å². The van der Waals surface area contributed by atoms with Gasteiger partial charge in [-0.2, -0.15) is 0 Å². The van der Waals surface area contributed by atoms with Crippen molar-refractivity contribution in [1.29, 1.82) is 0 Å². The molecule has 0 aliphatic rings. The Hall–Kier alpha value is -1.26. The molecule has 0 fully saturated rings. The maximum absolute atomic E-state index is 11.1. The summed E-state index contributed by atoms with van der Waals surface area (Å²) in [5.74, 6) is 0.101. The molecular weight excluding hydrogens is 623 g/mol. The highest BCUT2D eigenvalue weighted by molar-refractivity contribution is 8.26. The van der Waals surface area contributed by atoms with Gasteiger partial charge < -0.3 is 9.84 Å². The molecule has 0 unspecified atom stereocenters. The van der Waals surface area contributed by atoms with Gasteiger partial charge in [-0.05, 0) is 25.7 Å². The van der Waals surface area contributed by atoms with E-state index < -0.39 is 9.23 Å². The number of rotatable bonds is 7. The van der Waals surface area contributed by atoms with Crippen molar-refractivity contribution in [2.24, 2.45) is 0 Å². The molecule has 17 heteroatoms. The SMILES string of the molecule is CCOC(=O)c1cnc(SC)nc1.CSc1ncc(CCl)cn1.CSc1ncc(CO)cn1.O=S(Cl)Cl. The minimum atomic E-state index is -1.67. The number of ether oxygens (including phenoxy) is 1. The summed E-state index contributed by atoms with van der Waals surface area (Å²) < 4.78 is 13.9. The highest BCUT2D eigenvalue weighted by Crippen LogP contribution is 2.09. The molecule has 0 bridgehead atoms. The van der Waals surface area contributed by atoms with Gasteiger partial charge in [0.15, 0.2) is 15.5 Å². The summed E-state index contributed by atoms with van der Waals surface area (Å²) in [6, 6.07) is 0. The summed E-state index contributed by atoms with van der Waals surface area (Å²) in [6.07, 6.45) is 15.4. The lowest BCUT2D eigenvalue weighted by Gasteiger charge is -2.00. The fourth-order valence-electron chi connectivity index (χ4n) is 1.79. The third kappa shape index (κ3) is 17.8. The first kappa shape index (κ1) is 35.7. The van der Waals surface area contributed by atoms with Gasteiger partial charge in [0.2, 0.25) is 9.23 Å². The zero-order valence-electron chi connectivity index (χ0n) is 20.2. The number of thioether (sulfide) groups is 3. The Morgan fingerprint density at radius 2 is 1.19 bits per heavy atom. The molecule has 10 nitrogen and oxygen atoms in total. The van der Waals surface area contributed by atoms with Crippen LogP contribution in [0.15, 0.2) is 52.7 Å². The highest BCUT2D eigenvalue weighted by atomic mass is 36.0. The summed E-state index contributed by atoms with van der Waals surface area (Å²) in [7, 11) is 7.36. The second-order valence-corrected chi connectivity index (χ2v) is 10.9. The molecule has 0 saturated carbocycles. The Morgan fingerprint density at radius 1 is 0.838 bits per heavy atom. The third-order valence-electron chi connectivity index (χ3n) is 3.39. The molecule has 0 aliphatic heterocycles. The summed E-state index contributed by atoms with van der Waals surface area (Å²) in [6.45, 7) is 2.13. The monoisotopic (exact) mass is 646 g/mol. The van der Waals surface area contributed by atoms with Gasteiger partial charge >= 0.3 is 5.97 Å². The predicted molar refractivity (Wildman–Crippen MR) is 153 cm³/mol. The summed E-state index contributed by atoms with van der Waals surface area (Å²) in [5, 5.41) is 10.8. The van der Waals surface area contributed by atoms with E-state index in [4.69, 9.17) is 25.7 Å². The Balaban J connectivity index is 0.000000494. The van der Waals surface area contributed by atoms with Crippen LogP contribution in [0.4, 0.5) is 0 Å². The molecule has 0 aromatic carbocycles. The topological polar surface area (TPSA) is 141 Å². The molecule has 3 heterocycles. The normalized spacial score (nSPS) is 9.65. The van der Waals surface area contributed by atoms with Crippen LogP contribution in [0.25, 0.3) is 0 Å². The largest absolute Gasteiger partial charge is 0.462 e. The van der Waals surface area contributed by atoms with Crippen molar-refractivity contribution in [3.63, 3.8) is 0 Å². The first-order valence-corrected chi connectivity index (χ1v) is 16.9. The molecule has 0 saturated heterocycles. The number of hydrogen-bond donors (Lipinski definition) is 1. The number of nitrogens with zero attached hydrogens (tertiary/aromatic N) is 6. The van der Waals surface area contributed by atoms with E-state index in [2.05, 4.69) is 51.3 Å². The van der Waals surface area contributed by atoms with Crippen LogP contribution in [0.3, 0.4) is 0 Å². The zero-order valence-corrected chi connectivity index (χ0v) is 25.7. The van der Waals surface area contributed by atoms with E-state index >= 15 is 0 Å². The lowest BCUT2D eigenvalue weighted by Crippen LogP contribution is -2.05. The molecule has 3 aromatic heterocycles. The first-order valence-electron chi connectivity index (χ1n) is 9.88. The number of alkyl halides is 1. The zero-order chi connectivity index (χ0) is 28.1. The van der Waals surface area contributed by atoms with Crippen LogP contribution in [0.1, 0.15) is 28.4 Å². The molecule has 0 amide bonds. The highest BCUT2D eigenvalue weighted by Gasteiger charge is 2.06. The van der Waals surface area contributed by atoms with Gasteiger partial charge in [-0.3, -0.25) is 0 Å². The van der Waals surface area contributed by atoms with E-state index in [-0.39, 0.29) is 12.6 Å². The van der Waals surface area contributed by atoms with Crippen molar-refractivity contribution in [2.45, 2.75) is 34.9 Å². The van der Waals surface area contributed by atoms with Gasteiger partial charge in [-0.25, -0.2) is 38.9 Å². The van der Waals surface area contributed by atoms with E-state index in [0.29, 0.717) is 23.2 Å². The van der Waals surface area contributed by atoms with Crippen LogP contribution in [0.2, 0.25) is 0 Å². The van der Waals surface area contributed by atoms with Gasteiger partial charge in [0, 0.05) is 69.7 Å². The van der Waals surface area contributed by atoms with E-state index in [1.165, 1.54) is 47.7 Å². The number of aliphatic hydroxyl groups is 1. The number of aromatic nitrogens is 6. The number of esters is 1. The van der Waals surface area contributed by atoms with Crippen LogP contribution >= 0.6 is 68.3 Å². The molecule has 0 radical (unpaired) electrons. The number of hydrogen-bond acceptors (Lipinski definition) is 13. The average Bonchev–Trinajstić information content (AvgIpc) is 2.93. The van der Waals surface area contributed by atoms with Gasteiger partial charge in [0.1, 0.15) is 0 Å². The molecule has 0 atom stereocenters. The van der Waals surface area contributed by atoms with Crippen LogP contribution < -0.4 is 0 Å². The van der Waals surface area contributed by atoms with Gasteiger partial charge in [0.05, 0.1) is 24.7 Å². The number of carbonyl (C=O) groups is 1. The lowest BCUT2D eigenvalue weighted by molar-refractivity contribution is 0.0525. The Morgan fingerprint density at radius 3 is 1.49 bits per heavy atom. The van der Waals surface area contributed by atoms with Gasteiger partial charge in [-0.1, -0.05) is 35.3 Å². The van der Waals surface area contributed by atoms with Crippen LogP contribution in [-0.4, -0.2) is 70.6 Å². The number of aliphatic hydroxyl groups excluding tert-OH is 1. The summed E-state index contributed by atoms with van der Waals surface area (Å²) >= 11 is 9.97. The minimum Gasteiger partial charge on any atom is -0.462 e. The summed E-state index contributed by atoms with van der Waals surface area (Å²) in [4.78, 5) is 35.0. The quantitative estimate of drug-likeness (QED) is 0.120. The van der Waals surface area contributed by atoms with E-state index in [1.807, 2.05) is 18.8 Å². The van der Waals surface area contributed by atoms with E-state index in [0.717, 1.165) is 21.4 Å². The summed E-state index contributed by atoms with van der Waals surface area (Å²) in [5.41, 5.74) is 2.09. The van der Waals surface area contributed by atoms with Gasteiger partial charge in [0.25, 0.3) is 0 Å². The number of carbonyl (C=O) groups excluding carboxylic acids is 1. The van der Waals surface area contributed by atoms with Crippen molar-refractivity contribution in [1.82, 2.24) is 29.9 Å². The van der Waals surface area contributed by atoms with Crippen molar-refractivity contribution in [3.05, 3.63) is 53.9 Å². The smallest absolute Gasteiger partial charge is 0.341 e. The maximum Gasteiger partial charge on any atom is 0.341 e. The fraction of sp³-hybridized carbons (Fsp3) is 0.350. The van der Waals surface area contributed by atoms with Crippen molar-refractivity contribution < 1.29 is 18.8 Å². The average molecular weight is 648 g/mol. The molecule has 0 aliphatic carbocycles. The minimum absolute atomic E-state index is 0.00859. The van der Waals surface area contributed by atoms with E-state index in [9.17, 15) is 4.79 Å². The molecule has 204 valence electrons. The van der Waals surface area contributed by atoms with Crippen molar-refractivity contribution >= 4 is 83.4 Å². The van der Waals surface area contributed by atoms with E-state index in [1.54, 1.807) is 31.7 Å². The van der Waals surface area contributed by atoms with Crippen LogP contribution in [0.5, 0.6) is 0 Å². The Bertz CT molecular complexity index is 942. The first-order chi connectivity index (χ1) is 17.7. The predicted octanol–water partition coefficient (Wildman–Crippen LogP) is 5.05. The molecule has 0 spiro atoms. The number of halogens is 3. The van der Waals surface area contributed by atoms with Crippen LogP contribution in [0, 0.1) is 0 Å². The maximum atomic E-state index is 11.1.